The van der Waals surface area contributed by atoms with Crippen LogP contribution in [0, 0.1) is 0 Å². The fourth-order valence-electron chi connectivity index (χ4n) is 3.36. The second-order valence-electron chi connectivity index (χ2n) is 7.61. The van der Waals surface area contributed by atoms with Gasteiger partial charge in [0.05, 0.1) is 17.5 Å². The topological polar surface area (TPSA) is 209 Å². The third-order valence-corrected chi connectivity index (χ3v) is 6.88. The zero-order valence-electron chi connectivity index (χ0n) is 18.6. The van der Waals surface area contributed by atoms with Crippen molar-refractivity contribution in [2.24, 2.45) is 16.5 Å². The lowest BCUT2D eigenvalue weighted by molar-refractivity contribution is -0.146. The molecule has 2 rings (SSSR count). The number of urea groups is 1. The molecule has 0 spiro atoms. The number of benzene rings is 1. The Hall–Kier alpha value is -3.39. The van der Waals surface area contributed by atoms with Crippen LogP contribution in [0.4, 0.5) is 4.79 Å². The van der Waals surface area contributed by atoms with E-state index in [0.717, 1.165) is 0 Å². The van der Waals surface area contributed by atoms with Crippen LogP contribution >= 0.6 is 0 Å². The number of carboxylic acids is 1. The van der Waals surface area contributed by atoms with Crippen molar-refractivity contribution < 1.29 is 27.9 Å². The van der Waals surface area contributed by atoms with E-state index in [9.17, 15) is 27.9 Å². The Morgan fingerprint density at radius 1 is 1.18 bits per heavy atom. The molecule has 0 unspecified atom stereocenters. The van der Waals surface area contributed by atoms with Gasteiger partial charge in [-0.25, -0.2) is 22.3 Å². The van der Waals surface area contributed by atoms with E-state index in [2.05, 4.69) is 20.9 Å². The molecule has 0 aliphatic carbocycles. The number of hydrogen-bond donors (Lipinski definition) is 6. The van der Waals surface area contributed by atoms with Crippen molar-refractivity contribution in [3.8, 4) is 0 Å². The molecule has 0 radical (unpaired) electrons. The molecule has 1 saturated heterocycles. The van der Waals surface area contributed by atoms with Crippen LogP contribution in [0.5, 0.6) is 0 Å². The molecule has 1 aromatic carbocycles. The van der Waals surface area contributed by atoms with E-state index >= 15 is 0 Å². The Labute approximate surface area is 198 Å². The van der Waals surface area contributed by atoms with Gasteiger partial charge in [-0.2, -0.15) is 0 Å². The van der Waals surface area contributed by atoms with Crippen LogP contribution < -0.4 is 27.4 Å². The smallest absolute Gasteiger partial charge is 0.329 e. The van der Waals surface area contributed by atoms with Gasteiger partial charge in [0.2, 0.25) is 0 Å². The molecule has 1 heterocycles. The first-order valence-electron chi connectivity index (χ1n) is 10.8. The number of sulfonamides is 1. The Bertz CT molecular complexity index is 976. The van der Waals surface area contributed by atoms with E-state index in [4.69, 9.17) is 11.5 Å². The maximum absolute atomic E-state index is 13.3. The van der Waals surface area contributed by atoms with Gasteiger partial charge < -0.3 is 32.5 Å². The Balaban J connectivity index is 2.12. The van der Waals surface area contributed by atoms with Crippen LogP contribution in [0.2, 0.25) is 0 Å². The van der Waals surface area contributed by atoms with Crippen molar-refractivity contribution >= 4 is 33.9 Å². The zero-order valence-corrected chi connectivity index (χ0v) is 19.5. The van der Waals surface area contributed by atoms with E-state index in [-0.39, 0.29) is 17.4 Å². The Morgan fingerprint density at radius 2 is 1.88 bits per heavy atom. The summed E-state index contributed by atoms with van der Waals surface area (Å²) in [7, 11) is -4.51. The molecule has 0 saturated carbocycles. The minimum absolute atomic E-state index is 0.0252. The molecule has 2 atom stereocenters. The van der Waals surface area contributed by atoms with Crippen molar-refractivity contribution in [1.82, 2.24) is 20.3 Å². The van der Waals surface area contributed by atoms with Gasteiger partial charge in [0, 0.05) is 13.1 Å². The van der Waals surface area contributed by atoms with Crippen LogP contribution in [0.3, 0.4) is 0 Å². The lowest BCUT2D eigenvalue weighted by Gasteiger charge is -2.30. The SMILES string of the molecule is NC(N)=NCCCCNC(=O)NC[C@@H](C(=O)O)N(C(=O)[C@@H]1CCCN1)S(=O)(=O)c1ccccc1. The number of aliphatic carboxylic acids is 1. The molecular weight excluding hydrogens is 466 g/mol. The Morgan fingerprint density at radius 3 is 2.47 bits per heavy atom. The number of unbranched alkanes of at least 4 members (excludes halogenated alkanes) is 1. The van der Waals surface area contributed by atoms with Crippen LogP contribution in [0.25, 0.3) is 0 Å². The highest BCUT2D eigenvalue weighted by molar-refractivity contribution is 7.89. The van der Waals surface area contributed by atoms with Crippen LogP contribution in [0.1, 0.15) is 25.7 Å². The summed E-state index contributed by atoms with van der Waals surface area (Å²) in [5.41, 5.74) is 10.5. The number of hydrogen-bond acceptors (Lipinski definition) is 7. The maximum atomic E-state index is 13.3. The van der Waals surface area contributed by atoms with Crippen molar-refractivity contribution in [2.75, 3.05) is 26.2 Å². The number of carbonyl (C=O) groups excluding carboxylic acids is 2. The summed E-state index contributed by atoms with van der Waals surface area (Å²) >= 11 is 0. The number of rotatable bonds is 12. The van der Waals surface area contributed by atoms with Gasteiger partial charge in [-0.3, -0.25) is 9.79 Å². The highest BCUT2D eigenvalue weighted by Gasteiger charge is 2.43. The van der Waals surface area contributed by atoms with Gasteiger partial charge in [-0.05, 0) is 44.4 Å². The molecule has 1 aliphatic rings. The molecule has 34 heavy (non-hydrogen) atoms. The summed E-state index contributed by atoms with van der Waals surface area (Å²) in [6.45, 7) is 0.563. The molecule has 0 aromatic heterocycles. The first kappa shape index (κ1) is 26.9. The van der Waals surface area contributed by atoms with Crippen molar-refractivity contribution in [3.05, 3.63) is 30.3 Å². The fraction of sp³-hybridized carbons (Fsp3) is 0.500. The molecule has 13 nitrogen and oxygen atoms in total. The molecule has 0 bridgehead atoms. The highest BCUT2D eigenvalue weighted by Crippen LogP contribution is 2.22. The Kier molecular flexibility index (Phi) is 10.1. The second-order valence-corrected chi connectivity index (χ2v) is 9.42. The standard InChI is InChI=1S/C20H31N7O6S/c21-19(22)24-10-4-5-11-25-20(31)26-13-16(18(29)30)27(17(28)15-9-6-12-23-15)34(32,33)14-7-2-1-3-8-14/h1-3,7-8,15-16,23H,4-6,9-13H2,(H,29,30)(H4,21,22,24)(H2,25,26,31)/t15-,16-/m0/s1. The third-order valence-electron chi connectivity index (χ3n) is 5.06. The molecule has 14 heteroatoms. The highest BCUT2D eigenvalue weighted by atomic mass is 32.2. The van der Waals surface area contributed by atoms with Gasteiger partial charge in [-0.15, -0.1) is 0 Å². The lowest BCUT2D eigenvalue weighted by Crippen LogP contribution is -2.57. The minimum atomic E-state index is -4.51. The maximum Gasteiger partial charge on any atom is 0.329 e. The summed E-state index contributed by atoms with van der Waals surface area (Å²) in [4.78, 5) is 40.9. The van der Waals surface area contributed by atoms with E-state index in [0.29, 0.717) is 43.1 Å². The predicted octanol–water partition coefficient (Wildman–Crippen LogP) is -1.24. The van der Waals surface area contributed by atoms with Crippen molar-refractivity contribution in [2.45, 2.75) is 42.7 Å². The molecule has 3 amide bonds. The zero-order chi connectivity index (χ0) is 25.1. The van der Waals surface area contributed by atoms with Gasteiger partial charge >= 0.3 is 12.0 Å². The van der Waals surface area contributed by atoms with E-state index in [1.165, 1.54) is 24.3 Å². The average molecular weight is 498 g/mol. The number of nitrogens with one attached hydrogen (secondary N) is 3. The predicted molar refractivity (Wildman–Crippen MR) is 124 cm³/mol. The number of guanidine groups is 1. The van der Waals surface area contributed by atoms with Crippen molar-refractivity contribution in [1.29, 1.82) is 0 Å². The molecule has 1 aliphatic heterocycles. The van der Waals surface area contributed by atoms with Gasteiger partial charge in [0.25, 0.3) is 15.9 Å². The number of carbonyl (C=O) groups is 3. The van der Waals surface area contributed by atoms with Gasteiger partial charge in [0.15, 0.2) is 12.0 Å². The summed E-state index contributed by atoms with van der Waals surface area (Å²) in [5.74, 6) is -2.47. The number of nitrogens with zero attached hydrogens (tertiary/aromatic N) is 2. The van der Waals surface area contributed by atoms with E-state index in [1.807, 2.05) is 0 Å². The quantitative estimate of drug-likeness (QED) is 0.116. The number of amides is 3. The fourth-order valence-corrected chi connectivity index (χ4v) is 4.96. The summed E-state index contributed by atoms with van der Waals surface area (Å²) in [6, 6.07) is 3.72. The lowest BCUT2D eigenvalue weighted by atomic mass is 10.2. The normalized spacial score (nSPS) is 16.3. The second kappa shape index (κ2) is 12.7. The van der Waals surface area contributed by atoms with Gasteiger partial charge in [0.1, 0.15) is 0 Å². The molecule has 1 fully saturated rings. The monoisotopic (exact) mass is 497 g/mol. The first-order valence-corrected chi connectivity index (χ1v) is 12.2. The van der Waals surface area contributed by atoms with Crippen LogP contribution in [-0.4, -0.2) is 80.0 Å². The van der Waals surface area contributed by atoms with Crippen molar-refractivity contribution in [3.63, 3.8) is 0 Å². The summed E-state index contributed by atoms with van der Waals surface area (Å²) < 4.78 is 27.0. The van der Waals surface area contributed by atoms with Crippen LogP contribution in [0.15, 0.2) is 40.2 Å². The molecule has 8 N–H and O–H groups in total. The average Bonchev–Trinajstić information content (AvgIpc) is 3.33. The minimum Gasteiger partial charge on any atom is -0.480 e. The summed E-state index contributed by atoms with van der Waals surface area (Å²) in [6.07, 6.45) is 2.20. The largest absolute Gasteiger partial charge is 0.480 e. The molecule has 188 valence electrons. The third kappa shape index (κ3) is 7.59. The number of aliphatic imine (C=N–C) groups is 1. The summed E-state index contributed by atoms with van der Waals surface area (Å²) in [5, 5.41) is 17.6. The van der Waals surface area contributed by atoms with Crippen LogP contribution in [-0.2, 0) is 19.6 Å². The number of carboxylic acid groups (broad SMARTS) is 1. The molecule has 1 aromatic rings. The van der Waals surface area contributed by atoms with E-state index in [1.54, 1.807) is 6.07 Å². The van der Waals surface area contributed by atoms with E-state index < -0.39 is 46.6 Å². The van der Waals surface area contributed by atoms with Gasteiger partial charge in [-0.1, -0.05) is 18.2 Å². The molecular formula is C20H31N7O6S. The number of nitrogens with two attached hydrogens (primary N) is 2. The first-order chi connectivity index (χ1) is 16.1.